The summed E-state index contributed by atoms with van der Waals surface area (Å²) in [4.78, 5) is 0. The number of benzene rings is 2. The number of halogens is 2. The summed E-state index contributed by atoms with van der Waals surface area (Å²) < 4.78 is 1.62. The molecule has 4 rings (SSSR count). The van der Waals surface area contributed by atoms with Crippen LogP contribution in [0.2, 0.25) is 6.55 Å². The van der Waals surface area contributed by atoms with E-state index < -0.39 is 20.9 Å². The smallest absolute Gasteiger partial charge is 1.00 e. The van der Waals surface area contributed by atoms with Crippen molar-refractivity contribution in [3.8, 4) is 0 Å². The predicted molar refractivity (Wildman–Crippen MR) is 130 cm³/mol. The van der Waals surface area contributed by atoms with Crippen LogP contribution in [0.4, 0.5) is 0 Å². The molecule has 4 heteroatoms. The Morgan fingerprint density at radius 2 is 1.10 bits per heavy atom. The largest absolute Gasteiger partial charge is 1.00 e. The Kier molecular flexibility index (Phi) is 12.9. The minimum Gasteiger partial charge on any atom is -1.00 e. The van der Waals surface area contributed by atoms with Gasteiger partial charge in [0.25, 0.3) is 0 Å². The molecule has 0 N–H and O–H groups in total. The molecular weight excluding hydrogens is 515 g/mol. The molecule has 0 fully saturated rings. The van der Waals surface area contributed by atoms with Crippen molar-refractivity contribution in [3.05, 3.63) is 81.9 Å². The van der Waals surface area contributed by atoms with Crippen molar-refractivity contribution >= 4 is 18.8 Å². The van der Waals surface area contributed by atoms with Crippen LogP contribution in [-0.2, 0) is 20.9 Å². The van der Waals surface area contributed by atoms with Crippen molar-refractivity contribution in [2.75, 3.05) is 0 Å². The molecule has 2 aromatic rings. The molecule has 0 saturated heterocycles. The normalized spacial score (nSPS) is 18.1. The van der Waals surface area contributed by atoms with Crippen molar-refractivity contribution < 1.29 is 45.7 Å². The van der Waals surface area contributed by atoms with E-state index in [0.29, 0.717) is 0 Å². The molecule has 0 amide bonds. The van der Waals surface area contributed by atoms with E-state index in [1.54, 1.807) is 22.3 Å². The monoisotopic (exact) mass is 549 g/mol. The summed E-state index contributed by atoms with van der Waals surface area (Å²) in [6.45, 7) is 11.9. The van der Waals surface area contributed by atoms with E-state index in [4.69, 9.17) is 0 Å². The van der Waals surface area contributed by atoms with Crippen molar-refractivity contribution in [2.24, 2.45) is 0 Å². The van der Waals surface area contributed by atoms with Crippen LogP contribution in [0.15, 0.2) is 59.7 Å². The summed E-state index contributed by atoms with van der Waals surface area (Å²) in [5.41, 5.74) is 9.56. The second-order valence-corrected chi connectivity index (χ2v) is 25.0. The van der Waals surface area contributed by atoms with Crippen LogP contribution in [0.1, 0.15) is 82.9 Å². The molecule has 2 unspecified atom stereocenters. The maximum absolute atomic E-state index is 2.58. The molecule has 0 radical (unpaired) electrons. The van der Waals surface area contributed by atoms with Gasteiger partial charge in [-0.15, -0.1) is 0 Å². The van der Waals surface area contributed by atoms with E-state index in [0.717, 1.165) is 7.25 Å². The van der Waals surface area contributed by atoms with Crippen LogP contribution in [0.25, 0.3) is 12.2 Å². The molecule has 0 heterocycles. The van der Waals surface area contributed by atoms with Crippen LogP contribution >= 0.6 is 0 Å². The third kappa shape index (κ3) is 6.57. The van der Waals surface area contributed by atoms with Crippen molar-refractivity contribution in [1.29, 1.82) is 0 Å². The Labute approximate surface area is 212 Å². The molecule has 0 aliphatic heterocycles. The van der Waals surface area contributed by atoms with E-state index in [-0.39, 0.29) is 31.5 Å². The first kappa shape index (κ1) is 28.6. The van der Waals surface area contributed by atoms with Crippen LogP contribution in [0.3, 0.4) is 0 Å². The Morgan fingerprint density at radius 1 is 0.710 bits per heavy atom. The predicted octanol–water partition coefficient (Wildman–Crippen LogP) is 1.65. The zero-order valence-electron chi connectivity index (χ0n) is 19.7. The van der Waals surface area contributed by atoms with E-state index in [1.165, 1.54) is 36.8 Å². The number of hydrogen-bond acceptors (Lipinski definition) is 0. The Balaban J connectivity index is 0.000000535. The maximum atomic E-state index is 2.58. The Hall–Kier alpha value is -0.400. The van der Waals surface area contributed by atoms with Gasteiger partial charge in [-0.3, -0.25) is 0 Å². The summed E-state index contributed by atoms with van der Waals surface area (Å²) in [6, 6.07) is 18.3. The number of allylic oxidation sites excluding steroid dienone is 2. The standard InChI is InChI=1S/2C10H9.C6H14.CH5Si.2ClH.Zr/c2*1-8-6-9-4-2-3-5-10(9)7-8;1-3-5-6-4-2;1-2;;;/h2*2-7H,1H3;3-6H2,1-2H3;2H2,1H3;2*1H;/q;;;;;;+2/p-2. The molecule has 0 bridgehead atoms. The summed E-state index contributed by atoms with van der Waals surface area (Å²) >= 11 is -1.60. The first-order valence-electron chi connectivity index (χ1n) is 11.5. The van der Waals surface area contributed by atoms with Crippen molar-refractivity contribution in [1.82, 2.24) is 0 Å². The Bertz CT molecular complexity index is 819. The number of unbranched alkanes of at least 4 members (excludes halogenated alkanes) is 3. The number of rotatable bonds is 6. The van der Waals surface area contributed by atoms with Gasteiger partial charge in [0, 0.05) is 0 Å². The molecule has 0 spiro atoms. The average molecular weight is 552 g/mol. The van der Waals surface area contributed by atoms with E-state index in [9.17, 15) is 0 Å². The van der Waals surface area contributed by atoms with Gasteiger partial charge in [0.1, 0.15) is 0 Å². The molecule has 0 aromatic heterocycles. The van der Waals surface area contributed by atoms with Gasteiger partial charge in [-0.05, 0) is 0 Å². The van der Waals surface area contributed by atoms with Crippen molar-refractivity contribution in [3.63, 3.8) is 0 Å². The molecule has 2 aliphatic rings. The van der Waals surface area contributed by atoms with E-state index >= 15 is 0 Å². The molecule has 0 saturated carbocycles. The number of hydrogen-bond donors (Lipinski definition) is 0. The van der Waals surface area contributed by atoms with E-state index in [1.807, 2.05) is 0 Å². The third-order valence-electron chi connectivity index (χ3n) is 6.40. The summed E-state index contributed by atoms with van der Waals surface area (Å²) in [5.74, 6) is 0. The summed E-state index contributed by atoms with van der Waals surface area (Å²) in [5, 5.41) is 0. The molecule has 0 nitrogen and oxygen atoms in total. The molecule has 2 atom stereocenters. The van der Waals surface area contributed by atoms with Crippen LogP contribution < -0.4 is 24.8 Å². The fourth-order valence-corrected chi connectivity index (χ4v) is 25.6. The summed E-state index contributed by atoms with van der Waals surface area (Å²) in [7, 11) is 0. The zero-order valence-corrected chi connectivity index (χ0v) is 25.1. The molecule has 167 valence electrons. The molecular formula is C27H37Cl2SiZr. The van der Waals surface area contributed by atoms with Gasteiger partial charge in [0.2, 0.25) is 0 Å². The Morgan fingerprint density at radius 3 is 1.45 bits per heavy atom. The van der Waals surface area contributed by atoms with Gasteiger partial charge in [0.15, 0.2) is 0 Å². The average Bonchev–Trinajstić information content (AvgIpc) is 3.24. The number of fused-ring (bicyclic) bond motifs is 2. The minimum absolute atomic E-state index is 0. The van der Waals surface area contributed by atoms with E-state index in [2.05, 4.69) is 94.9 Å². The van der Waals surface area contributed by atoms with Crippen LogP contribution in [0, 0.1) is 0 Å². The van der Waals surface area contributed by atoms with Crippen LogP contribution in [-0.4, -0.2) is 6.65 Å². The second kappa shape index (κ2) is 14.0. The first-order valence-corrected chi connectivity index (χ1v) is 21.7. The quantitative estimate of drug-likeness (QED) is 0.379. The topological polar surface area (TPSA) is 0 Å². The molecule has 2 aromatic carbocycles. The zero-order chi connectivity index (χ0) is 20.8. The molecule has 31 heavy (non-hydrogen) atoms. The fraction of sp³-hybridized carbons (Fsp3) is 0.407. The van der Waals surface area contributed by atoms with Gasteiger partial charge in [-0.2, -0.15) is 0 Å². The minimum atomic E-state index is -1.60. The first-order chi connectivity index (χ1) is 14.1. The third-order valence-corrected chi connectivity index (χ3v) is 25.5. The van der Waals surface area contributed by atoms with Gasteiger partial charge < -0.3 is 24.8 Å². The van der Waals surface area contributed by atoms with Gasteiger partial charge in [-0.25, -0.2) is 0 Å². The van der Waals surface area contributed by atoms with Crippen molar-refractivity contribution in [2.45, 2.75) is 67.2 Å². The second-order valence-electron chi connectivity index (χ2n) is 8.54. The fourth-order valence-electron chi connectivity index (χ4n) is 5.02. The van der Waals surface area contributed by atoms with Gasteiger partial charge >= 0.3 is 149 Å². The van der Waals surface area contributed by atoms with Gasteiger partial charge in [-0.1, -0.05) is 39.5 Å². The SMILES string of the molecule is CCCCCC.C[SiH2][Zr+2]([CH]1C(C)=Cc2ccccc21)[CH]1C(C)=Cc2ccccc21.[Cl-].[Cl-]. The summed E-state index contributed by atoms with van der Waals surface area (Å²) in [6.07, 6.45) is 10.5. The maximum Gasteiger partial charge on any atom is -1.00 e. The molecule has 2 aliphatic carbocycles. The van der Waals surface area contributed by atoms with Crippen LogP contribution in [0.5, 0.6) is 0 Å². The van der Waals surface area contributed by atoms with Gasteiger partial charge in [0.05, 0.1) is 0 Å².